The third-order valence-electron chi connectivity index (χ3n) is 27.8. The second-order valence-corrected chi connectivity index (χ2v) is 36.7. The summed E-state index contributed by atoms with van der Waals surface area (Å²) in [4.78, 5) is 15.8. The smallest absolute Gasteiger partial charge is 0.150 e. The number of anilines is 6. The SMILES string of the molecule is C1CCOC1.C=Cc1ccc(CCCc2ccc(-n3c4ccccc4c4cc(-c5ccc(N(c6ccc(-c7ccccc7)cc6)c6ccc7c(c6)C(C)(C)c6ccccc6-7)cc5)ccc43)cc2)cc1.CC1(C)c2ccccc2-c2ccc(N(c3ccc(-c4ccccc4)cc3)c3ccc(-c4ccc5c(c4)c4ccccc4n5-c4ccc(CCCc5ccc(C=O)cc5)cc4)cc3)cc21. The van der Waals surface area contributed by atoms with Crippen LogP contribution in [0.5, 0.6) is 0 Å². The number of aldehydes is 1. The molecule has 18 aromatic carbocycles. The highest BCUT2D eigenvalue weighted by atomic mass is 16.5. The molecule has 20 aromatic rings. The summed E-state index contributed by atoms with van der Waals surface area (Å²) >= 11 is 0. The quantitative estimate of drug-likeness (QED) is 0.0634. The van der Waals surface area contributed by atoms with E-state index in [2.05, 4.69) is 466 Å². The average Bonchev–Trinajstić information content (AvgIpc) is 1.56. The Balaban J connectivity index is 0.000000152. The van der Waals surface area contributed by atoms with Crippen molar-refractivity contribution in [1.82, 2.24) is 9.13 Å². The van der Waals surface area contributed by atoms with Crippen LogP contribution in [0.1, 0.15) is 114 Å². The van der Waals surface area contributed by atoms with E-state index in [1.807, 2.05) is 18.2 Å². The summed E-state index contributed by atoms with van der Waals surface area (Å²) in [6.07, 6.45) is 11.6. The van der Waals surface area contributed by atoms with Gasteiger partial charge in [-0.15, -0.1) is 0 Å². The van der Waals surface area contributed by atoms with Crippen LogP contribution >= 0.6 is 0 Å². The van der Waals surface area contributed by atoms with Crippen molar-refractivity contribution in [2.24, 2.45) is 0 Å². The molecule has 3 heterocycles. The number of nitrogens with zero attached hydrogens (tertiary/aromatic N) is 4. The van der Waals surface area contributed by atoms with Gasteiger partial charge in [0.15, 0.2) is 0 Å². The van der Waals surface area contributed by atoms with Crippen LogP contribution in [0.15, 0.2) is 431 Å². The van der Waals surface area contributed by atoms with Crippen molar-refractivity contribution in [2.75, 3.05) is 23.0 Å². The van der Waals surface area contributed by atoms with Crippen molar-refractivity contribution in [3.63, 3.8) is 0 Å². The summed E-state index contributed by atoms with van der Waals surface area (Å²) in [7, 11) is 0. The molecule has 0 unspecified atom stereocenters. The molecule has 0 atom stereocenters. The monoisotopic (exact) mass is 1720 g/mol. The standard InChI is InChI=1S/C62H50N2.C61H48N2O.C4H8O/c1-4-43-21-23-44(24-22-43)13-12-14-45-25-32-52(33-26-45)64-60-20-11-9-18-56(60)57-41-49(31-40-61(57)64)48-29-36-51(37-30-48)63(50-34-27-47(28-35-50)46-15-6-5-7-16-46)53-38-39-55-54-17-8-10-19-58(54)62(2,3)59(55)42-53;1-61(2)57-17-8-6-15-53(57)54-37-36-52(40-58(54)61)62(49-32-25-46(26-33-49)45-13-4-3-5-14-45)50-34-27-47(28-35-50)48-29-38-60-56(39-48)55-16-7-9-18-59(55)63(60)51-30-23-43(24-31-51)12-10-11-42-19-21-44(41-64)22-20-42;1-2-4-5-3-1/h4-11,15-42H,1,12-14H2,2-3H3;3-9,13-41H,10-12H2,1-2H3;1-4H2. The molecule has 0 N–H and O–H groups in total. The number of benzene rings is 18. The normalized spacial score (nSPS) is 13.0. The summed E-state index contributed by atoms with van der Waals surface area (Å²) < 4.78 is 9.76. The van der Waals surface area contributed by atoms with E-state index < -0.39 is 0 Å². The lowest BCUT2D eigenvalue weighted by Gasteiger charge is -2.28. The van der Waals surface area contributed by atoms with Crippen LogP contribution in [0.3, 0.4) is 0 Å². The minimum Gasteiger partial charge on any atom is -0.381 e. The van der Waals surface area contributed by atoms with Crippen LogP contribution < -0.4 is 9.80 Å². The van der Waals surface area contributed by atoms with Gasteiger partial charge in [0.05, 0.1) is 22.1 Å². The van der Waals surface area contributed by atoms with Crippen LogP contribution in [0, 0.1) is 0 Å². The van der Waals surface area contributed by atoms with Gasteiger partial charge in [0.2, 0.25) is 0 Å². The molecule has 0 amide bonds. The highest BCUT2D eigenvalue weighted by Crippen LogP contribution is 2.54. The molecule has 0 radical (unpaired) electrons. The number of carbonyl (C=O) groups is 1. The maximum absolute atomic E-state index is 11.0. The first kappa shape index (κ1) is 84.4. The second kappa shape index (κ2) is 36.8. The van der Waals surface area contributed by atoms with E-state index in [-0.39, 0.29) is 10.8 Å². The molecule has 0 saturated carbocycles. The number of carbonyl (C=O) groups excluding carboxylic acids is 1. The zero-order chi connectivity index (χ0) is 89.9. The third kappa shape index (κ3) is 16.8. The Morgan fingerprint density at radius 3 is 0.940 bits per heavy atom. The maximum atomic E-state index is 11.0. The topological polar surface area (TPSA) is 42.6 Å². The van der Waals surface area contributed by atoms with Gasteiger partial charge in [-0.2, -0.15) is 0 Å². The summed E-state index contributed by atoms with van der Waals surface area (Å²) in [6.45, 7) is 15.3. The Hall–Kier alpha value is -15.5. The van der Waals surface area contributed by atoms with Crippen LogP contribution in [-0.4, -0.2) is 28.6 Å². The van der Waals surface area contributed by atoms with Gasteiger partial charge in [-0.25, -0.2) is 0 Å². The Kier molecular flexibility index (Phi) is 23.4. The lowest BCUT2D eigenvalue weighted by Crippen LogP contribution is -2.16. The molecule has 0 bridgehead atoms. The molecule has 2 aromatic heterocycles. The maximum Gasteiger partial charge on any atom is 0.150 e. The molecule has 133 heavy (non-hydrogen) atoms. The predicted molar refractivity (Wildman–Crippen MR) is 560 cm³/mol. The molecular weight excluding hydrogens is 1610 g/mol. The lowest BCUT2D eigenvalue weighted by atomic mass is 9.82. The molecule has 2 aliphatic carbocycles. The largest absolute Gasteiger partial charge is 0.381 e. The minimum atomic E-state index is -0.103. The number of hydrogen-bond donors (Lipinski definition) is 0. The predicted octanol–water partition coefficient (Wildman–Crippen LogP) is 33.4. The lowest BCUT2D eigenvalue weighted by molar-refractivity contribution is 0.112. The number of ether oxygens (including phenoxy) is 1. The van der Waals surface area contributed by atoms with E-state index in [1.54, 1.807) is 0 Å². The Bertz CT molecular complexity index is 7150. The van der Waals surface area contributed by atoms with E-state index in [1.165, 1.54) is 179 Å². The van der Waals surface area contributed by atoms with Gasteiger partial charge in [0.25, 0.3) is 0 Å². The van der Waals surface area contributed by atoms with Crippen LogP contribution in [0.25, 0.3) is 128 Å². The van der Waals surface area contributed by atoms with E-state index in [4.69, 9.17) is 4.74 Å². The molecule has 1 fully saturated rings. The Labute approximate surface area is 781 Å². The van der Waals surface area contributed by atoms with Gasteiger partial charge in [-0.05, 0) is 302 Å². The summed E-state index contributed by atoms with van der Waals surface area (Å²) in [5, 5.41) is 5.00. The molecule has 6 nitrogen and oxygen atoms in total. The van der Waals surface area contributed by atoms with Gasteiger partial charge >= 0.3 is 0 Å². The number of fused-ring (bicyclic) bond motifs is 12. The zero-order valence-electron chi connectivity index (χ0n) is 76.0. The fourth-order valence-electron chi connectivity index (χ4n) is 20.6. The number of hydrogen-bond acceptors (Lipinski definition) is 4. The number of para-hydroxylation sites is 2. The highest BCUT2D eigenvalue weighted by molar-refractivity contribution is 6.12. The molecule has 646 valence electrons. The zero-order valence-corrected chi connectivity index (χ0v) is 76.0. The van der Waals surface area contributed by atoms with Crippen LogP contribution in [-0.2, 0) is 41.3 Å². The first-order valence-electron chi connectivity index (χ1n) is 47.0. The van der Waals surface area contributed by atoms with Crippen molar-refractivity contribution in [3.8, 4) is 78.1 Å². The summed E-state index contributed by atoms with van der Waals surface area (Å²) in [5.74, 6) is 0. The van der Waals surface area contributed by atoms with Gasteiger partial charge in [0.1, 0.15) is 6.29 Å². The number of aromatic nitrogens is 2. The van der Waals surface area contributed by atoms with E-state index in [0.29, 0.717) is 0 Å². The van der Waals surface area contributed by atoms with Crippen LogP contribution in [0.4, 0.5) is 34.1 Å². The van der Waals surface area contributed by atoms with Gasteiger partial charge in [-0.1, -0.05) is 332 Å². The fraction of sp³-hybridized carbons (Fsp3) is 0.126. The summed E-state index contributed by atoms with van der Waals surface area (Å²) in [6, 6.07) is 155. The van der Waals surface area contributed by atoms with Crippen molar-refractivity contribution >= 4 is 90.1 Å². The van der Waals surface area contributed by atoms with Crippen molar-refractivity contribution < 1.29 is 9.53 Å². The minimum absolute atomic E-state index is 0.0977. The molecular formula is C127H106N4O2. The van der Waals surface area contributed by atoms with E-state index >= 15 is 0 Å². The van der Waals surface area contributed by atoms with E-state index in [9.17, 15) is 4.79 Å². The highest BCUT2D eigenvalue weighted by Gasteiger charge is 2.38. The van der Waals surface area contributed by atoms with Gasteiger partial charge < -0.3 is 23.7 Å². The molecule has 6 heteroatoms. The van der Waals surface area contributed by atoms with E-state index in [0.717, 1.165) is 103 Å². The first-order valence-corrected chi connectivity index (χ1v) is 47.0. The molecule has 0 spiro atoms. The average molecular weight is 1720 g/mol. The molecule has 1 aliphatic heterocycles. The molecule has 1 saturated heterocycles. The number of rotatable bonds is 22. The van der Waals surface area contributed by atoms with Crippen molar-refractivity contribution in [3.05, 3.63) is 487 Å². The molecule has 3 aliphatic rings. The molecule has 23 rings (SSSR count). The van der Waals surface area contributed by atoms with Crippen molar-refractivity contribution in [2.45, 2.75) is 89.9 Å². The Morgan fingerprint density at radius 1 is 0.278 bits per heavy atom. The number of aryl methyl sites for hydroxylation is 4. The third-order valence-corrected chi connectivity index (χ3v) is 27.8. The fourth-order valence-corrected chi connectivity index (χ4v) is 20.6. The Morgan fingerprint density at radius 2 is 0.579 bits per heavy atom. The first-order chi connectivity index (χ1) is 65.3. The van der Waals surface area contributed by atoms with Crippen LogP contribution in [0.2, 0.25) is 0 Å². The second-order valence-electron chi connectivity index (χ2n) is 36.7. The van der Waals surface area contributed by atoms with Gasteiger partial charge in [0, 0.05) is 96.7 Å². The van der Waals surface area contributed by atoms with Gasteiger partial charge in [-0.3, -0.25) is 4.79 Å². The van der Waals surface area contributed by atoms with Crippen molar-refractivity contribution in [1.29, 1.82) is 0 Å². The summed E-state index contributed by atoms with van der Waals surface area (Å²) in [5.41, 5.74) is 41.3.